The van der Waals surface area contributed by atoms with Crippen LogP contribution < -0.4 is 5.32 Å². The Bertz CT molecular complexity index is 241. The second kappa shape index (κ2) is 5.25. The van der Waals surface area contributed by atoms with Crippen LogP contribution in [-0.2, 0) is 4.74 Å². The molecule has 2 heterocycles. The highest BCUT2D eigenvalue weighted by Crippen LogP contribution is 2.47. The average Bonchev–Trinajstić information content (AvgIpc) is 2.83. The molecular formula is C14H26N2O. The molecule has 0 radical (unpaired) electrons. The van der Waals surface area contributed by atoms with Crippen LogP contribution in [0, 0.1) is 11.3 Å². The molecule has 3 heteroatoms. The van der Waals surface area contributed by atoms with Crippen molar-refractivity contribution in [2.75, 3.05) is 45.9 Å². The number of nitrogens with zero attached hydrogens (tertiary/aromatic N) is 1. The predicted octanol–water partition coefficient (Wildman–Crippen LogP) is 1.49. The van der Waals surface area contributed by atoms with Gasteiger partial charge in [-0.15, -0.1) is 0 Å². The smallest absolute Gasteiger partial charge is 0.0547 e. The van der Waals surface area contributed by atoms with Crippen molar-refractivity contribution in [3.8, 4) is 0 Å². The van der Waals surface area contributed by atoms with Crippen molar-refractivity contribution in [1.82, 2.24) is 10.2 Å². The van der Waals surface area contributed by atoms with Gasteiger partial charge in [0.25, 0.3) is 0 Å². The minimum atomic E-state index is 0.571. The highest BCUT2D eigenvalue weighted by atomic mass is 16.5. The second-order valence-corrected chi connectivity index (χ2v) is 6.18. The van der Waals surface area contributed by atoms with E-state index in [1.54, 1.807) is 0 Å². The Kier molecular flexibility index (Phi) is 3.69. The SMILES string of the molecule is C1CCC(C2(CCN3CCNCC3)COC2)C1. The van der Waals surface area contributed by atoms with Crippen molar-refractivity contribution in [3.05, 3.63) is 0 Å². The van der Waals surface area contributed by atoms with E-state index in [4.69, 9.17) is 4.74 Å². The van der Waals surface area contributed by atoms with E-state index in [-0.39, 0.29) is 0 Å². The molecule has 2 aliphatic heterocycles. The molecule has 17 heavy (non-hydrogen) atoms. The minimum Gasteiger partial charge on any atom is -0.380 e. The van der Waals surface area contributed by atoms with E-state index in [0.29, 0.717) is 5.41 Å². The molecule has 1 saturated carbocycles. The quantitative estimate of drug-likeness (QED) is 0.803. The van der Waals surface area contributed by atoms with Gasteiger partial charge in [-0.25, -0.2) is 0 Å². The largest absolute Gasteiger partial charge is 0.380 e. The maximum Gasteiger partial charge on any atom is 0.0547 e. The van der Waals surface area contributed by atoms with Gasteiger partial charge in [-0.2, -0.15) is 0 Å². The fourth-order valence-electron chi connectivity index (χ4n) is 3.80. The van der Waals surface area contributed by atoms with E-state index in [1.165, 1.54) is 64.8 Å². The Morgan fingerprint density at radius 2 is 1.82 bits per heavy atom. The van der Waals surface area contributed by atoms with Crippen molar-refractivity contribution >= 4 is 0 Å². The lowest BCUT2D eigenvalue weighted by Crippen LogP contribution is -2.51. The highest BCUT2D eigenvalue weighted by Gasteiger charge is 2.45. The van der Waals surface area contributed by atoms with Crippen molar-refractivity contribution < 1.29 is 4.74 Å². The van der Waals surface area contributed by atoms with Gasteiger partial charge in [-0.1, -0.05) is 12.8 Å². The van der Waals surface area contributed by atoms with Crippen LogP contribution in [0.3, 0.4) is 0 Å². The van der Waals surface area contributed by atoms with Crippen LogP contribution in [0.15, 0.2) is 0 Å². The molecule has 1 aliphatic carbocycles. The van der Waals surface area contributed by atoms with Crippen LogP contribution in [0.25, 0.3) is 0 Å². The monoisotopic (exact) mass is 238 g/mol. The summed E-state index contributed by atoms with van der Waals surface area (Å²) in [4.78, 5) is 2.63. The molecule has 3 rings (SSSR count). The van der Waals surface area contributed by atoms with Gasteiger partial charge >= 0.3 is 0 Å². The molecule has 0 atom stereocenters. The van der Waals surface area contributed by atoms with E-state index >= 15 is 0 Å². The fraction of sp³-hybridized carbons (Fsp3) is 1.00. The van der Waals surface area contributed by atoms with E-state index in [1.807, 2.05) is 0 Å². The molecule has 0 amide bonds. The lowest BCUT2D eigenvalue weighted by Gasteiger charge is -2.47. The van der Waals surface area contributed by atoms with Crippen LogP contribution >= 0.6 is 0 Å². The molecule has 1 N–H and O–H groups in total. The first-order valence-corrected chi connectivity index (χ1v) is 7.40. The van der Waals surface area contributed by atoms with Crippen LogP contribution in [-0.4, -0.2) is 50.8 Å². The zero-order valence-corrected chi connectivity index (χ0v) is 10.9. The predicted molar refractivity (Wildman–Crippen MR) is 69.1 cm³/mol. The van der Waals surface area contributed by atoms with Gasteiger partial charge in [0.2, 0.25) is 0 Å². The molecule has 0 aromatic heterocycles. The summed E-state index contributed by atoms with van der Waals surface area (Å²) in [7, 11) is 0. The summed E-state index contributed by atoms with van der Waals surface area (Å²) in [6.07, 6.45) is 7.22. The average molecular weight is 238 g/mol. The van der Waals surface area contributed by atoms with Gasteiger partial charge in [-0.3, -0.25) is 0 Å². The Labute approximate surface area is 105 Å². The number of hydrogen-bond donors (Lipinski definition) is 1. The van der Waals surface area contributed by atoms with Gasteiger partial charge in [0.15, 0.2) is 0 Å². The van der Waals surface area contributed by atoms with Gasteiger partial charge < -0.3 is 15.0 Å². The minimum absolute atomic E-state index is 0.571. The van der Waals surface area contributed by atoms with Crippen molar-refractivity contribution in [1.29, 1.82) is 0 Å². The Morgan fingerprint density at radius 1 is 1.12 bits per heavy atom. The molecule has 0 unspecified atom stereocenters. The molecule has 2 saturated heterocycles. The molecular weight excluding hydrogens is 212 g/mol. The first-order valence-electron chi connectivity index (χ1n) is 7.40. The molecule has 98 valence electrons. The van der Waals surface area contributed by atoms with Gasteiger partial charge in [-0.05, 0) is 31.7 Å². The molecule has 0 aromatic rings. The topological polar surface area (TPSA) is 24.5 Å². The second-order valence-electron chi connectivity index (χ2n) is 6.18. The summed E-state index contributed by atoms with van der Waals surface area (Å²) < 4.78 is 5.56. The summed E-state index contributed by atoms with van der Waals surface area (Å²) in [6, 6.07) is 0. The lowest BCUT2D eigenvalue weighted by molar-refractivity contribution is -0.151. The summed E-state index contributed by atoms with van der Waals surface area (Å²) in [5, 5.41) is 3.43. The standard InChI is InChI=1S/C14H26N2O/c1-2-4-13(3-1)14(11-17-12-14)5-8-16-9-6-15-7-10-16/h13,15H,1-12H2. The Morgan fingerprint density at radius 3 is 2.41 bits per heavy atom. The Balaban J connectivity index is 1.50. The first-order chi connectivity index (χ1) is 8.39. The van der Waals surface area contributed by atoms with Gasteiger partial charge in [0, 0.05) is 31.6 Å². The highest BCUT2D eigenvalue weighted by molar-refractivity contribution is 4.94. The van der Waals surface area contributed by atoms with Gasteiger partial charge in [0.05, 0.1) is 13.2 Å². The van der Waals surface area contributed by atoms with Crippen molar-refractivity contribution in [2.45, 2.75) is 32.1 Å². The normalized spacial score (nSPS) is 30.4. The summed E-state index contributed by atoms with van der Waals surface area (Å²) in [6.45, 7) is 8.21. The zero-order valence-electron chi connectivity index (χ0n) is 10.9. The number of hydrogen-bond acceptors (Lipinski definition) is 3. The first kappa shape index (κ1) is 11.9. The molecule has 0 bridgehead atoms. The van der Waals surface area contributed by atoms with Crippen LogP contribution in [0.2, 0.25) is 0 Å². The maximum atomic E-state index is 5.56. The zero-order chi connectivity index (χ0) is 11.6. The number of nitrogens with one attached hydrogen (secondary N) is 1. The number of piperazine rings is 1. The third kappa shape index (κ3) is 2.51. The summed E-state index contributed by atoms with van der Waals surface area (Å²) in [5.74, 6) is 0.971. The summed E-state index contributed by atoms with van der Waals surface area (Å²) >= 11 is 0. The third-order valence-electron chi connectivity index (χ3n) is 5.14. The van der Waals surface area contributed by atoms with Crippen molar-refractivity contribution in [3.63, 3.8) is 0 Å². The molecule has 3 fully saturated rings. The van der Waals surface area contributed by atoms with Crippen LogP contribution in [0.1, 0.15) is 32.1 Å². The van der Waals surface area contributed by atoms with Crippen LogP contribution in [0.5, 0.6) is 0 Å². The molecule has 0 aromatic carbocycles. The lowest BCUT2D eigenvalue weighted by atomic mass is 9.70. The number of ether oxygens (including phenoxy) is 1. The maximum absolute atomic E-state index is 5.56. The van der Waals surface area contributed by atoms with Crippen LogP contribution in [0.4, 0.5) is 0 Å². The molecule has 0 spiro atoms. The summed E-state index contributed by atoms with van der Waals surface area (Å²) in [5.41, 5.74) is 0.571. The number of rotatable bonds is 4. The van der Waals surface area contributed by atoms with Crippen molar-refractivity contribution in [2.24, 2.45) is 11.3 Å². The van der Waals surface area contributed by atoms with E-state index in [2.05, 4.69) is 10.2 Å². The molecule has 3 aliphatic rings. The fourth-order valence-corrected chi connectivity index (χ4v) is 3.80. The van der Waals surface area contributed by atoms with E-state index < -0.39 is 0 Å². The van der Waals surface area contributed by atoms with Gasteiger partial charge in [0.1, 0.15) is 0 Å². The third-order valence-corrected chi connectivity index (χ3v) is 5.14. The van der Waals surface area contributed by atoms with E-state index in [0.717, 1.165) is 19.1 Å². The van der Waals surface area contributed by atoms with E-state index in [9.17, 15) is 0 Å². The Hall–Kier alpha value is -0.120. The molecule has 3 nitrogen and oxygen atoms in total.